The molecule has 0 rings (SSSR count). The quantitative estimate of drug-likeness (QED) is 0.610. The van der Waals surface area contributed by atoms with E-state index in [1.54, 1.807) is 6.92 Å². The third-order valence-electron chi connectivity index (χ3n) is 0.856. The molecule has 0 radical (unpaired) electrons. The molecule has 0 aromatic heterocycles. The van der Waals surface area contributed by atoms with Crippen molar-refractivity contribution in [2.45, 2.75) is 27.7 Å². The Morgan fingerprint density at radius 3 is 1.21 bits per heavy atom. The Kier molecular flexibility index (Phi) is 87.3. The Labute approximate surface area is 118 Å². The van der Waals surface area contributed by atoms with E-state index >= 15 is 0 Å². The molecule has 0 unspecified atom stereocenters. The molecule has 0 bridgehead atoms. The third kappa shape index (κ3) is 159. The summed E-state index contributed by atoms with van der Waals surface area (Å²) in [7, 11) is 0. The highest BCUT2D eigenvalue weighted by Gasteiger charge is 1.81. The van der Waals surface area contributed by atoms with Gasteiger partial charge in [-0.15, -0.1) is 26.3 Å². The summed E-state index contributed by atoms with van der Waals surface area (Å²) >= 11 is 0. The number of ether oxygens (including phenoxy) is 2. The molecule has 19 heavy (non-hydrogen) atoms. The van der Waals surface area contributed by atoms with E-state index in [0.29, 0.717) is 6.61 Å². The summed E-state index contributed by atoms with van der Waals surface area (Å²) in [5, 5.41) is 15.2. The normalized spacial score (nSPS) is 6.63. The second-order valence-corrected chi connectivity index (χ2v) is 2.15. The first-order chi connectivity index (χ1) is 9.10. The lowest BCUT2D eigenvalue weighted by molar-refractivity contribution is -0.140. The second-order valence-electron chi connectivity index (χ2n) is 2.15. The van der Waals surface area contributed by atoms with Crippen molar-refractivity contribution in [2.75, 3.05) is 33.0 Å². The smallest absolute Gasteiger partial charge is 0.302 e. The van der Waals surface area contributed by atoms with Crippen LogP contribution in [-0.4, -0.2) is 49.2 Å². The predicted molar refractivity (Wildman–Crippen MR) is 81.2 cm³/mol. The SMILES string of the molecule is C=C.C=C.CCOC(C)=O.CCOCC.OCCO. The maximum atomic E-state index is 9.82. The van der Waals surface area contributed by atoms with Gasteiger partial charge in [-0.25, -0.2) is 0 Å². The van der Waals surface area contributed by atoms with Crippen molar-refractivity contribution >= 4 is 5.97 Å². The fraction of sp³-hybridized carbons (Fsp3) is 0.643. The van der Waals surface area contributed by atoms with Gasteiger partial charge in [0.1, 0.15) is 0 Å². The summed E-state index contributed by atoms with van der Waals surface area (Å²) in [6.07, 6.45) is 0. The van der Waals surface area contributed by atoms with Crippen LogP contribution >= 0.6 is 0 Å². The molecule has 0 fully saturated rings. The fourth-order valence-electron chi connectivity index (χ4n) is 0.407. The molecule has 0 aliphatic carbocycles. The van der Waals surface area contributed by atoms with E-state index in [0.717, 1.165) is 13.2 Å². The Balaban J connectivity index is -0.0000000461. The van der Waals surface area contributed by atoms with E-state index in [1.165, 1.54) is 6.92 Å². The molecule has 5 heteroatoms. The second kappa shape index (κ2) is 54.1. The molecular weight excluding hydrogens is 248 g/mol. The zero-order chi connectivity index (χ0) is 16.5. The number of hydrogen-bond acceptors (Lipinski definition) is 5. The molecule has 5 nitrogen and oxygen atoms in total. The van der Waals surface area contributed by atoms with Crippen LogP contribution in [0.25, 0.3) is 0 Å². The number of aliphatic hydroxyl groups excluding tert-OH is 2. The van der Waals surface area contributed by atoms with Crippen LogP contribution in [0.2, 0.25) is 0 Å². The first-order valence-corrected chi connectivity index (χ1v) is 6.03. The van der Waals surface area contributed by atoms with Crippen LogP contribution in [0, 0.1) is 0 Å². The number of carbonyl (C=O) groups excluding carboxylic acids is 1. The molecule has 0 spiro atoms. The summed E-state index contributed by atoms with van der Waals surface area (Å²) in [5.41, 5.74) is 0. The van der Waals surface area contributed by atoms with Gasteiger partial charge in [-0.3, -0.25) is 4.79 Å². The molecule has 2 N–H and O–H groups in total. The molecule has 118 valence electrons. The van der Waals surface area contributed by atoms with Crippen molar-refractivity contribution in [2.24, 2.45) is 0 Å². The van der Waals surface area contributed by atoms with Gasteiger partial charge in [0.2, 0.25) is 0 Å². The summed E-state index contributed by atoms with van der Waals surface area (Å²) in [5.74, 6) is -0.211. The van der Waals surface area contributed by atoms with Gasteiger partial charge in [0, 0.05) is 20.1 Å². The Hall–Kier alpha value is -1.17. The van der Waals surface area contributed by atoms with Gasteiger partial charge in [-0.2, -0.15) is 0 Å². The summed E-state index contributed by atoms with van der Waals surface area (Å²) in [4.78, 5) is 9.82. The van der Waals surface area contributed by atoms with Crippen molar-refractivity contribution in [3.63, 3.8) is 0 Å². The first-order valence-electron chi connectivity index (χ1n) is 6.03. The van der Waals surface area contributed by atoms with Crippen LogP contribution in [0.5, 0.6) is 0 Å². The lowest BCUT2D eigenvalue weighted by Gasteiger charge is -1.89. The van der Waals surface area contributed by atoms with Crippen LogP contribution < -0.4 is 0 Å². The van der Waals surface area contributed by atoms with E-state index in [4.69, 9.17) is 14.9 Å². The van der Waals surface area contributed by atoms with Gasteiger partial charge < -0.3 is 19.7 Å². The number of carbonyl (C=O) groups is 1. The topological polar surface area (TPSA) is 76.0 Å². The molecule has 0 aromatic rings. The molecular formula is C14H32O5. The molecule has 0 saturated carbocycles. The average molecular weight is 280 g/mol. The minimum atomic E-state index is -0.211. The van der Waals surface area contributed by atoms with E-state index < -0.39 is 0 Å². The minimum Gasteiger partial charge on any atom is -0.466 e. The molecule has 0 aliphatic heterocycles. The standard InChI is InChI=1S/C4H8O2.C4H10O.C2H6O2.2C2H4/c1-3-6-4(2)5;1-3-5-4-2;3-1-2-4;2*1-2/h3H2,1-2H3;3-4H2,1-2H3;3-4H,1-2H2;2*1-2H2. The monoisotopic (exact) mass is 280 g/mol. The van der Waals surface area contributed by atoms with Crippen molar-refractivity contribution in [3.05, 3.63) is 26.3 Å². The highest BCUT2D eigenvalue weighted by Crippen LogP contribution is 1.69. The van der Waals surface area contributed by atoms with Gasteiger partial charge >= 0.3 is 5.97 Å². The van der Waals surface area contributed by atoms with Gasteiger partial charge in [-0.05, 0) is 20.8 Å². The van der Waals surface area contributed by atoms with E-state index in [9.17, 15) is 4.79 Å². The Morgan fingerprint density at radius 2 is 1.21 bits per heavy atom. The molecule has 0 heterocycles. The van der Waals surface area contributed by atoms with Crippen LogP contribution in [0.3, 0.4) is 0 Å². The van der Waals surface area contributed by atoms with Crippen molar-refractivity contribution in [1.29, 1.82) is 0 Å². The van der Waals surface area contributed by atoms with Crippen LogP contribution in [0.15, 0.2) is 26.3 Å². The summed E-state index contributed by atoms with van der Waals surface area (Å²) in [6.45, 7) is 21.1. The zero-order valence-corrected chi connectivity index (χ0v) is 13.0. The minimum absolute atomic E-state index is 0.125. The molecule has 0 saturated heterocycles. The third-order valence-corrected chi connectivity index (χ3v) is 0.856. The molecule has 0 amide bonds. The molecule has 0 aromatic carbocycles. The van der Waals surface area contributed by atoms with Crippen molar-refractivity contribution < 1.29 is 24.5 Å². The lowest BCUT2D eigenvalue weighted by Crippen LogP contribution is -1.95. The van der Waals surface area contributed by atoms with Crippen LogP contribution in [-0.2, 0) is 14.3 Å². The van der Waals surface area contributed by atoms with Crippen molar-refractivity contribution in [1.82, 2.24) is 0 Å². The van der Waals surface area contributed by atoms with E-state index in [2.05, 4.69) is 31.1 Å². The molecule has 0 aliphatic rings. The van der Waals surface area contributed by atoms with Crippen molar-refractivity contribution in [3.8, 4) is 0 Å². The fourth-order valence-corrected chi connectivity index (χ4v) is 0.407. The van der Waals surface area contributed by atoms with Crippen LogP contribution in [0.4, 0.5) is 0 Å². The predicted octanol–water partition coefficient (Wildman–Crippen LogP) is 2.19. The highest BCUT2D eigenvalue weighted by atomic mass is 16.5. The van der Waals surface area contributed by atoms with Gasteiger partial charge in [0.25, 0.3) is 0 Å². The zero-order valence-electron chi connectivity index (χ0n) is 13.0. The summed E-state index contributed by atoms with van der Waals surface area (Å²) < 4.78 is 9.24. The lowest BCUT2D eigenvalue weighted by atomic mass is 10.8. The summed E-state index contributed by atoms with van der Waals surface area (Å²) in [6, 6.07) is 0. The maximum absolute atomic E-state index is 9.82. The number of esters is 1. The largest absolute Gasteiger partial charge is 0.466 e. The average Bonchev–Trinajstić information content (AvgIpc) is 2.45. The van der Waals surface area contributed by atoms with E-state index in [-0.39, 0.29) is 19.2 Å². The van der Waals surface area contributed by atoms with Gasteiger partial charge in [0.15, 0.2) is 0 Å². The number of hydrogen-bond donors (Lipinski definition) is 2. The molecule has 0 atom stereocenters. The number of rotatable bonds is 4. The first kappa shape index (κ1) is 30.7. The maximum Gasteiger partial charge on any atom is 0.302 e. The van der Waals surface area contributed by atoms with Crippen LogP contribution in [0.1, 0.15) is 27.7 Å². The van der Waals surface area contributed by atoms with Gasteiger partial charge in [0.05, 0.1) is 19.8 Å². The van der Waals surface area contributed by atoms with E-state index in [1.807, 2.05) is 13.8 Å². The highest BCUT2D eigenvalue weighted by molar-refractivity contribution is 5.65. The Bertz CT molecular complexity index is 123. The number of aliphatic hydroxyl groups is 2. The van der Waals surface area contributed by atoms with Gasteiger partial charge in [-0.1, -0.05) is 0 Å². The Morgan fingerprint density at radius 1 is 0.895 bits per heavy atom.